The highest BCUT2D eigenvalue weighted by atomic mass is 35.5. The van der Waals surface area contributed by atoms with Crippen molar-refractivity contribution in [3.8, 4) is 0 Å². The molecule has 2 aliphatic heterocycles. The minimum Gasteiger partial charge on any atom is -0.447 e. The summed E-state index contributed by atoms with van der Waals surface area (Å²) in [4.78, 5) is 30.3. The fourth-order valence-electron chi connectivity index (χ4n) is 5.13. The highest BCUT2D eigenvalue weighted by molar-refractivity contribution is 6.42. The van der Waals surface area contributed by atoms with Gasteiger partial charge in [0.25, 0.3) is 0 Å². The van der Waals surface area contributed by atoms with Crippen LogP contribution in [0.25, 0.3) is 0 Å². The Morgan fingerprint density at radius 1 is 0.886 bits per heavy atom. The van der Waals surface area contributed by atoms with Gasteiger partial charge < -0.3 is 4.74 Å². The lowest BCUT2D eigenvalue weighted by molar-refractivity contribution is -0.133. The Kier molecular flexibility index (Phi) is 7.09. The summed E-state index contributed by atoms with van der Waals surface area (Å²) in [5, 5.41) is 0.933. The molecule has 0 saturated carbocycles. The van der Waals surface area contributed by atoms with Crippen molar-refractivity contribution < 1.29 is 14.3 Å². The number of ether oxygens (including phenoxy) is 1. The molecule has 0 N–H and O–H groups in total. The van der Waals surface area contributed by atoms with E-state index in [1.165, 1.54) is 10.5 Å². The van der Waals surface area contributed by atoms with E-state index in [2.05, 4.69) is 17.0 Å². The number of halogens is 2. The van der Waals surface area contributed by atoms with Gasteiger partial charge in [-0.25, -0.2) is 9.69 Å². The Hall–Kier alpha value is -2.86. The first-order valence-electron chi connectivity index (χ1n) is 11.7. The molecule has 0 aliphatic carbocycles. The molecule has 7 heteroatoms. The molecule has 2 fully saturated rings. The van der Waals surface area contributed by atoms with Crippen LogP contribution in [-0.2, 0) is 22.5 Å². The maximum Gasteiger partial charge on any atom is 0.416 e. The minimum atomic E-state index is -0.565. The fourth-order valence-corrected chi connectivity index (χ4v) is 5.44. The Morgan fingerprint density at radius 2 is 1.57 bits per heavy atom. The topological polar surface area (TPSA) is 49.9 Å². The average molecular weight is 509 g/mol. The highest BCUT2D eigenvalue weighted by Gasteiger charge is 2.46. The summed E-state index contributed by atoms with van der Waals surface area (Å²) in [6, 6.07) is 25.2. The number of imide groups is 1. The number of nitrogens with zero attached hydrogens (tertiary/aromatic N) is 2. The van der Waals surface area contributed by atoms with Crippen LogP contribution in [0.2, 0.25) is 10.0 Å². The number of hydrogen-bond acceptors (Lipinski definition) is 4. The second-order valence-electron chi connectivity index (χ2n) is 9.19. The maximum atomic E-state index is 13.9. The van der Waals surface area contributed by atoms with E-state index in [0.717, 1.165) is 17.7 Å². The first kappa shape index (κ1) is 23.9. The molecule has 0 spiro atoms. The molecule has 0 bridgehead atoms. The van der Waals surface area contributed by atoms with E-state index in [4.69, 9.17) is 27.9 Å². The summed E-state index contributed by atoms with van der Waals surface area (Å²) < 4.78 is 5.34. The van der Waals surface area contributed by atoms with Crippen molar-refractivity contribution in [2.75, 3.05) is 19.7 Å². The monoisotopic (exact) mass is 508 g/mol. The molecule has 1 unspecified atom stereocenters. The summed E-state index contributed by atoms with van der Waals surface area (Å²) in [6.45, 7) is 2.15. The minimum absolute atomic E-state index is 0.119. The second kappa shape index (κ2) is 10.4. The fraction of sp³-hybridized carbons (Fsp3) is 0.286. The largest absolute Gasteiger partial charge is 0.447 e. The van der Waals surface area contributed by atoms with Crippen LogP contribution in [-0.4, -0.2) is 47.5 Å². The molecule has 2 heterocycles. The van der Waals surface area contributed by atoms with Gasteiger partial charge in [0.2, 0.25) is 5.91 Å². The van der Waals surface area contributed by atoms with Gasteiger partial charge in [0.15, 0.2) is 0 Å². The van der Waals surface area contributed by atoms with Crippen LogP contribution in [0.15, 0.2) is 78.9 Å². The van der Waals surface area contributed by atoms with Gasteiger partial charge in [0.05, 0.1) is 22.0 Å². The molecule has 0 radical (unpaired) electrons. The molecule has 3 atom stereocenters. The van der Waals surface area contributed by atoms with Crippen molar-refractivity contribution in [2.45, 2.75) is 24.9 Å². The summed E-state index contributed by atoms with van der Waals surface area (Å²) in [5.41, 5.74) is 3.18. The Bertz CT molecular complexity index is 1210. The van der Waals surface area contributed by atoms with Gasteiger partial charge in [-0.1, -0.05) is 89.9 Å². The van der Waals surface area contributed by atoms with Gasteiger partial charge in [-0.15, -0.1) is 0 Å². The SMILES string of the molecule is O=C1OCC(Cc2ccccc2)N1C(=O)[C@@H]1CN(Cc2ccccc2)C[C@H]1c1ccc(Cl)c(Cl)c1. The van der Waals surface area contributed by atoms with E-state index in [9.17, 15) is 9.59 Å². The van der Waals surface area contributed by atoms with Crippen molar-refractivity contribution in [2.24, 2.45) is 5.92 Å². The van der Waals surface area contributed by atoms with E-state index in [-0.39, 0.29) is 24.5 Å². The summed E-state index contributed by atoms with van der Waals surface area (Å²) in [7, 11) is 0. The quantitative estimate of drug-likeness (QED) is 0.422. The molecular formula is C28H26Cl2N2O3. The number of rotatable bonds is 6. The summed E-state index contributed by atoms with van der Waals surface area (Å²) >= 11 is 12.5. The lowest BCUT2D eigenvalue weighted by Crippen LogP contribution is -2.45. The smallest absolute Gasteiger partial charge is 0.416 e. The molecule has 5 rings (SSSR count). The molecule has 180 valence electrons. The molecule has 5 nitrogen and oxygen atoms in total. The Labute approximate surface area is 215 Å². The average Bonchev–Trinajstić information content (AvgIpc) is 3.45. The third kappa shape index (κ3) is 5.22. The van der Waals surface area contributed by atoms with E-state index < -0.39 is 12.0 Å². The van der Waals surface area contributed by atoms with E-state index in [0.29, 0.717) is 29.6 Å². The number of hydrogen-bond donors (Lipinski definition) is 0. The molecule has 3 aromatic rings. The lowest BCUT2D eigenvalue weighted by Gasteiger charge is -2.26. The standard InChI is InChI=1S/C28H26Cl2N2O3/c29-25-12-11-21(14-26(25)30)23-16-31(15-20-9-5-2-6-10-20)17-24(23)27(33)32-22(18-35-28(32)34)13-19-7-3-1-4-8-19/h1-12,14,22-24H,13,15-18H2/t22?,23-,24+/m0/s1. The van der Waals surface area contributed by atoms with Crippen LogP contribution < -0.4 is 0 Å². The number of amides is 2. The molecule has 2 saturated heterocycles. The summed E-state index contributed by atoms with van der Waals surface area (Å²) in [5.74, 6) is -0.716. The van der Waals surface area contributed by atoms with Gasteiger partial charge in [0.1, 0.15) is 6.61 Å². The number of benzene rings is 3. The molecule has 3 aromatic carbocycles. The van der Waals surface area contributed by atoms with Gasteiger partial charge in [0, 0.05) is 25.6 Å². The van der Waals surface area contributed by atoms with Crippen molar-refractivity contribution in [3.63, 3.8) is 0 Å². The zero-order chi connectivity index (χ0) is 24.4. The number of likely N-dealkylation sites (tertiary alicyclic amines) is 1. The summed E-state index contributed by atoms with van der Waals surface area (Å²) in [6.07, 6.45) is 0.00117. The zero-order valence-electron chi connectivity index (χ0n) is 19.1. The lowest BCUT2D eigenvalue weighted by atomic mass is 9.87. The Balaban J connectivity index is 1.42. The highest BCUT2D eigenvalue weighted by Crippen LogP contribution is 2.38. The van der Waals surface area contributed by atoms with E-state index in [1.54, 1.807) is 6.07 Å². The van der Waals surface area contributed by atoms with Crippen LogP contribution in [0.5, 0.6) is 0 Å². The number of carbonyl (C=O) groups excluding carboxylic acids is 2. The van der Waals surface area contributed by atoms with Gasteiger partial charge in [-0.3, -0.25) is 9.69 Å². The molecule has 2 aliphatic rings. The molecule has 2 amide bonds. The van der Waals surface area contributed by atoms with Crippen molar-refractivity contribution in [1.29, 1.82) is 0 Å². The van der Waals surface area contributed by atoms with Crippen LogP contribution >= 0.6 is 23.2 Å². The number of carbonyl (C=O) groups is 2. The normalized spacial score (nSPS) is 22.4. The molecular weight excluding hydrogens is 483 g/mol. The Morgan fingerprint density at radius 3 is 2.26 bits per heavy atom. The van der Waals surface area contributed by atoms with Crippen molar-refractivity contribution in [3.05, 3.63) is 106 Å². The van der Waals surface area contributed by atoms with Crippen molar-refractivity contribution >= 4 is 35.2 Å². The number of cyclic esters (lactones) is 1. The van der Waals surface area contributed by atoms with Crippen LogP contribution in [0, 0.1) is 5.92 Å². The van der Waals surface area contributed by atoms with Crippen LogP contribution in [0.1, 0.15) is 22.6 Å². The van der Waals surface area contributed by atoms with Gasteiger partial charge >= 0.3 is 6.09 Å². The predicted octanol–water partition coefficient (Wildman–Crippen LogP) is 5.80. The molecule has 35 heavy (non-hydrogen) atoms. The van der Waals surface area contributed by atoms with Crippen LogP contribution in [0.4, 0.5) is 4.79 Å². The maximum absolute atomic E-state index is 13.9. The third-order valence-electron chi connectivity index (χ3n) is 6.85. The predicted molar refractivity (Wildman–Crippen MR) is 137 cm³/mol. The third-order valence-corrected chi connectivity index (χ3v) is 7.59. The van der Waals surface area contributed by atoms with Crippen molar-refractivity contribution in [1.82, 2.24) is 9.80 Å². The van der Waals surface area contributed by atoms with Gasteiger partial charge in [-0.2, -0.15) is 0 Å². The van der Waals surface area contributed by atoms with E-state index in [1.807, 2.05) is 60.7 Å². The molecule has 0 aromatic heterocycles. The first-order valence-corrected chi connectivity index (χ1v) is 12.5. The second-order valence-corrected chi connectivity index (χ2v) is 10.0. The van der Waals surface area contributed by atoms with Crippen LogP contribution in [0.3, 0.4) is 0 Å². The van der Waals surface area contributed by atoms with Gasteiger partial charge in [-0.05, 0) is 35.2 Å². The zero-order valence-corrected chi connectivity index (χ0v) is 20.7. The van der Waals surface area contributed by atoms with E-state index >= 15 is 0 Å². The first-order chi connectivity index (χ1) is 17.0.